The Balaban J connectivity index is 1.82. The lowest BCUT2D eigenvalue weighted by molar-refractivity contribution is -0.134. The van der Waals surface area contributed by atoms with E-state index in [0.717, 1.165) is 18.5 Å². The molecular weight excluding hydrogens is 334 g/mol. The van der Waals surface area contributed by atoms with Crippen LogP contribution in [0.1, 0.15) is 115 Å². The second kappa shape index (κ2) is 16.8. The Labute approximate surface area is 167 Å². The van der Waals surface area contributed by atoms with Gasteiger partial charge in [-0.05, 0) is 25.5 Å². The van der Waals surface area contributed by atoms with Crippen molar-refractivity contribution in [2.45, 2.75) is 117 Å². The molecule has 0 aliphatic rings. The topological polar surface area (TPSA) is 39.2 Å². The Hall–Kier alpha value is -1.38. The highest BCUT2D eigenvalue weighted by molar-refractivity contribution is 5.72. The van der Waals surface area contributed by atoms with Crippen molar-refractivity contribution in [3.8, 4) is 5.75 Å². The van der Waals surface area contributed by atoms with E-state index in [0.29, 0.717) is 12.2 Å². The molecule has 0 aliphatic heterocycles. The summed E-state index contributed by atoms with van der Waals surface area (Å²) in [7, 11) is 0. The molecule has 3 nitrogen and oxygen atoms in total. The van der Waals surface area contributed by atoms with Crippen molar-refractivity contribution in [3.63, 3.8) is 0 Å². The highest BCUT2D eigenvalue weighted by Crippen LogP contribution is 2.16. The van der Waals surface area contributed by atoms with Crippen LogP contribution in [0.15, 0.2) is 18.3 Å². The molecule has 1 heterocycles. The van der Waals surface area contributed by atoms with E-state index in [4.69, 9.17) is 4.74 Å². The first-order valence-corrected chi connectivity index (χ1v) is 11.4. The van der Waals surface area contributed by atoms with Gasteiger partial charge in [0.25, 0.3) is 0 Å². The van der Waals surface area contributed by atoms with E-state index in [9.17, 15) is 4.79 Å². The number of aromatic nitrogens is 1. The SMILES string of the molecule is CCCCCCCCCCCCCCCCCC(=O)Oc1cccnc1C. The molecule has 0 spiro atoms. The quantitative estimate of drug-likeness (QED) is 0.208. The van der Waals surface area contributed by atoms with Crippen LogP contribution in [0.4, 0.5) is 0 Å². The highest BCUT2D eigenvalue weighted by atomic mass is 16.5. The van der Waals surface area contributed by atoms with Crippen LogP contribution in [0.3, 0.4) is 0 Å². The lowest BCUT2D eigenvalue weighted by Crippen LogP contribution is -2.08. The summed E-state index contributed by atoms with van der Waals surface area (Å²) in [5, 5.41) is 0. The Morgan fingerprint density at radius 3 is 1.78 bits per heavy atom. The zero-order valence-corrected chi connectivity index (χ0v) is 17.8. The van der Waals surface area contributed by atoms with Gasteiger partial charge >= 0.3 is 5.97 Å². The highest BCUT2D eigenvalue weighted by Gasteiger charge is 2.07. The molecule has 1 aromatic rings. The summed E-state index contributed by atoms with van der Waals surface area (Å²) in [5.41, 5.74) is 0.766. The summed E-state index contributed by atoms with van der Waals surface area (Å²) in [5.74, 6) is 0.448. The van der Waals surface area contributed by atoms with Crippen LogP contribution >= 0.6 is 0 Å². The number of ether oxygens (including phenoxy) is 1. The van der Waals surface area contributed by atoms with Crippen molar-refractivity contribution in [3.05, 3.63) is 24.0 Å². The van der Waals surface area contributed by atoms with Gasteiger partial charge in [0.2, 0.25) is 0 Å². The summed E-state index contributed by atoms with van der Waals surface area (Å²) in [4.78, 5) is 16.0. The van der Waals surface area contributed by atoms with Crippen LogP contribution in [-0.4, -0.2) is 11.0 Å². The predicted octanol–water partition coefficient (Wildman–Crippen LogP) is 7.56. The van der Waals surface area contributed by atoms with Crippen LogP contribution in [0.5, 0.6) is 5.75 Å². The van der Waals surface area contributed by atoms with Crippen molar-refractivity contribution in [1.82, 2.24) is 4.98 Å². The number of carbonyl (C=O) groups excluding carboxylic acids is 1. The lowest BCUT2D eigenvalue weighted by Gasteiger charge is -2.06. The number of carbonyl (C=O) groups is 1. The molecule has 0 radical (unpaired) electrons. The maximum atomic E-state index is 11.8. The van der Waals surface area contributed by atoms with E-state index in [2.05, 4.69) is 11.9 Å². The molecule has 0 bridgehead atoms. The molecule has 3 heteroatoms. The van der Waals surface area contributed by atoms with Crippen LogP contribution < -0.4 is 4.74 Å². The zero-order valence-electron chi connectivity index (χ0n) is 17.8. The fraction of sp³-hybridized carbons (Fsp3) is 0.750. The summed E-state index contributed by atoms with van der Waals surface area (Å²) >= 11 is 0. The molecule has 0 saturated carbocycles. The monoisotopic (exact) mass is 375 g/mol. The number of rotatable bonds is 17. The molecule has 154 valence electrons. The molecule has 1 aromatic heterocycles. The molecule has 0 unspecified atom stereocenters. The average Bonchev–Trinajstić information content (AvgIpc) is 2.66. The fourth-order valence-corrected chi connectivity index (χ4v) is 3.39. The Morgan fingerprint density at radius 1 is 0.815 bits per heavy atom. The largest absolute Gasteiger partial charge is 0.425 e. The third-order valence-corrected chi connectivity index (χ3v) is 5.17. The summed E-state index contributed by atoms with van der Waals surface area (Å²) in [6, 6.07) is 3.59. The molecule has 0 fully saturated rings. The Kier molecular flexibility index (Phi) is 14.7. The van der Waals surface area contributed by atoms with Gasteiger partial charge in [0.15, 0.2) is 5.75 Å². The maximum absolute atomic E-state index is 11.8. The molecule has 0 aliphatic carbocycles. The fourth-order valence-electron chi connectivity index (χ4n) is 3.39. The average molecular weight is 376 g/mol. The van der Waals surface area contributed by atoms with E-state index in [1.165, 1.54) is 83.5 Å². The standard InChI is InChI=1S/C24H41NO2/c1-3-4-5-6-7-8-9-10-11-12-13-14-15-16-17-20-24(26)27-23-19-18-21-25-22(23)2/h18-19,21H,3-17,20H2,1-2H3. The van der Waals surface area contributed by atoms with E-state index in [1.807, 2.05) is 6.92 Å². The van der Waals surface area contributed by atoms with Gasteiger partial charge in [-0.3, -0.25) is 9.78 Å². The van der Waals surface area contributed by atoms with Gasteiger partial charge in [-0.2, -0.15) is 0 Å². The molecule has 27 heavy (non-hydrogen) atoms. The van der Waals surface area contributed by atoms with Crippen molar-refractivity contribution >= 4 is 5.97 Å². The van der Waals surface area contributed by atoms with E-state index in [-0.39, 0.29) is 5.97 Å². The lowest BCUT2D eigenvalue weighted by atomic mass is 10.0. The summed E-state index contributed by atoms with van der Waals surface area (Å²) in [6.45, 7) is 4.13. The molecule has 0 N–H and O–H groups in total. The van der Waals surface area contributed by atoms with Crippen LogP contribution in [0.25, 0.3) is 0 Å². The molecular formula is C24H41NO2. The Bertz CT molecular complexity index is 487. The molecule has 0 saturated heterocycles. The van der Waals surface area contributed by atoms with Crippen molar-refractivity contribution < 1.29 is 9.53 Å². The minimum atomic E-state index is -0.138. The zero-order chi connectivity index (χ0) is 19.6. The predicted molar refractivity (Wildman–Crippen MR) is 114 cm³/mol. The van der Waals surface area contributed by atoms with Gasteiger partial charge in [0.1, 0.15) is 0 Å². The van der Waals surface area contributed by atoms with Gasteiger partial charge in [0, 0.05) is 12.6 Å². The molecule has 1 rings (SSSR count). The third-order valence-electron chi connectivity index (χ3n) is 5.17. The molecule has 0 aromatic carbocycles. The van der Waals surface area contributed by atoms with Gasteiger partial charge in [-0.1, -0.05) is 96.8 Å². The number of unbranched alkanes of at least 4 members (excludes halogenated alkanes) is 14. The van der Waals surface area contributed by atoms with Gasteiger partial charge < -0.3 is 4.74 Å². The van der Waals surface area contributed by atoms with Gasteiger partial charge in [-0.25, -0.2) is 0 Å². The van der Waals surface area contributed by atoms with Crippen LogP contribution in [-0.2, 0) is 4.79 Å². The maximum Gasteiger partial charge on any atom is 0.311 e. The van der Waals surface area contributed by atoms with Gasteiger partial charge in [-0.15, -0.1) is 0 Å². The number of aryl methyl sites for hydroxylation is 1. The minimum Gasteiger partial charge on any atom is -0.425 e. The number of nitrogens with zero attached hydrogens (tertiary/aromatic N) is 1. The number of hydrogen-bond acceptors (Lipinski definition) is 3. The first kappa shape index (κ1) is 23.7. The normalized spacial score (nSPS) is 10.9. The molecule has 0 atom stereocenters. The smallest absolute Gasteiger partial charge is 0.311 e. The van der Waals surface area contributed by atoms with Crippen molar-refractivity contribution in [2.75, 3.05) is 0 Å². The molecule has 0 amide bonds. The number of esters is 1. The van der Waals surface area contributed by atoms with E-state index >= 15 is 0 Å². The van der Waals surface area contributed by atoms with Crippen LogP contribution in [0, 0.1) is 6.92 Å². The third kappa shape index (κ3) is 13.4. The second-order valence-electron chi connectivity index (χ2n) is 7.76. The Morgan fingerprint density at radius 2 is 1.30 bits per heavy atom. The first-order chi connectivity index (χ1) is 13.2. The van der Waals surface area contributed by atoms with E-state index in [1.54, 1.807) is 18.3 Å². The van der Waals surface area contributed by atoms with E-state index < -0.39 is 0 Å². The van der Waals surface area contributed by atoms with Crippen LogP contribution in [0.2, 0.25) is 0 Å². The minimum absolute atomic E-state index is 0.138. The number of hydrogen-bond donors (Lipinski definition) is 0. The summed E-state index contributed by atoms with van der Waals surface area (Å²) < 4.78 is 5.36. The second-order valence-corrected chi connectivity index (χ2v) is 7.76. The van der Waals surface area contributed by atoms with Crippen molar-refractivity contribution in [2.24, 2.45) is 0 Å². The van der Waals surface area contributed by atoms with Gasteiger partial charge in [0.05, 0.1) is 5.69 Å². The summed E-state index contributed by atoms with van der Waals surface area (Å²) in [6.07, 6.45) is 22.2. The first-order valence-electron chi connectivity index (χ1n) is 11.4. The van der Waals surface area contributed by atoms with Crippen molar-refractivity contribution in [1.29, 1.82) is 0 Å². The number of pyridine rings is 1.